The fourth-order valence-electron chi connectivity index (χ4n) is 2.72. The molecule has 2 N–H and O–H groups in total. The van der Waals surface area contributed by atoms with Crippen molar-refractivity contribution in [2.75, 3.05) is 30.8 Å². The summed E-state index contributed by atoms with van der Waals surface area (Å²) in [6.07, 6.45) is 1.46. The maximum Gasteiger partial charge on any atom is 0.337 e. The molecule has 27 heavy (non-hydrogen) atoms. The number of rotatable bonds is 8. The second-order valence-electron chi connectivity index (χ2n) is 7.23. The van der Waals surface area contributed by atoms with Gasteiger partial charge in [0.2, 0.25) is 5.88 Å². The van der Waals surface area contributed by atoms with E-state index < -0.39 is 5.97 Å². The number of ether oxygens (including phenoxy) is 2. The Balaban J connectivity index is 2.25. The van der Waals surface area contributed by atoms with E-state index in [4.69, 9.17) is 15.2 Å². The molecule has 0 radical (unpaired) electrons. The molecular formula is C20H28N4O3. The fourth-order valence-corrected chi connectivity index (χ4v) is 2.72. The number of hydrogen-bond acceptors (Lipinski definition) is 7. The number of benzene rings is 1. The number of nitrogen functional groups attached to an aromatic ring is 1. The highest BCUT2D eigenvalue weighted by Crippen LogP contribution is 2.32. The van der Waals surface area contributed by atoms with Gasteiger partial charge < -0.3 is 20.1 Å². The van der Waals surface area contributed by atoms with Crippen LogP contribution in [-0.2, 0) is 4.74 Å². The average molecular weight is 372 g/mol. The van der Waals surface area contributed by atoms with E-state index in [-0.39, 0.29) is 0 Å². The predicted molar refractivity (Wildman–Crippen MR) is 106 cm³/mol. The van der Waals surface area contributed by atoms with E-state index in [9.17, 15) is 4.79 Å². The van der Waals surface area contributed by atoms with Gasteiger partial charge in [-0.2, -0.15) is 4.98 Å². The van der Waals surface area contributed by atoms with Gasteiger partial charge in [0.05, 0.1) is 12.7 Å². The number of anilines is 2. The Kier molecular flexibility index (Phi) is 6.98. The minimum Gasteiger partial charge on any atom is -0.465 e. The topological polar surface area (TPSA) is 90.6 Å². The maximum atomic E-state index is 11.5. The van der Waals surface area contributed by atoms with Crippen molar-refractivity contribution in [3.05, 3.63) is 36.2 Å². The van der Waals surface area contributed by atoms with Crippen LogP contribution in [0.25, 0.3) is 0 Å². The number of nitrogens with zero attached hydrogens (tertiary/aromatic N) is 3. The lowest BCUT2D eigenvalue weighted by atomic mass is 10.1. The zero-order valence-corrected chi connectivity index (χ0v) is 16.6. The Morgan fingerprint density at radius 3 is 2.19 bits per heavy atom. The quantitative estimate of drug-likeness (QED) is 0.706. The van der Waals surface area contributed by atoms with Gasteiger partial charge in [0.1, 0.15) is 17.8 Å². The molecule has 1 aromatic carbocycles. The lowest BCUT2D eigenvalue weighted by Gasteiger charge is -2.28. The van der Waals surface area contributed by atoms with Crippen LogP contribution in [-0.4, -0.2) is 36.1 Å². The van der Waals surface area contributed by atoms with E-state index in [0.29, 0.717) is 40.5 Å². The molecule has 2 aromatic rings. The van der Waals surface area contributed by atoms with Crippen LogP contribution in [0.4, 0.5) is 11.5 Å². The molecule has 1 heterocycles. The second-order valence-corrected chi connectivity index (χ2v) is 7.23. The van der Waals surface area contributed by atoms with Gasteiger partial charge in [0.25, 0.3) is 0 Å². The van der Waals surface area contributed by atoms with Crippen molar-refractivity contribution in [1.82, 2.24) is 9.97 Å². The van der Waals surface area contributed by atoms with Gasteiger partial charge in [0.15, 0.2) is 5.82 Å². The molecule has 0 amide bonds. The van der Waals surface area contributed by atoms with Gasteiger partial charge in [-0.1, -0.05) is 27.7 Å². The monoisotopic (exact) mass is 372 g/mol. The zero-order valence-electron chi connectivity index (χ0n) is 16.6. The zero-order chi connectivity index (χ0) is 20.0. The first-order valence-electron chi connectivity index (χ1n) is 9.03. The summed E-state index contributed by atoms with van der Waals surface area (Å²) >= 11 is 0. The van der Waals surface area contributed by atoms with Crippen LogP contribution in [0.2, 0.25) is 0 Å². The van der Waals surface area contributed by atoms with Crippen LogP contribution >= 0.6 is 0 Å². The first-order chi connectivity index (χ1) is 12.8. The van der Waals surface area contributed by atoms with E-state index in [0.717, 1.165) is 13.1 Å². The van der Waals surface area contributed by atoms with Crippen molar-refractivity contribution in [2.45, 2.75) is 27.7 Å². The van der Waals surface area contributed by atoms with Gasteiger partial charge >= 0.3 is 5.97 Å². The minimum absolute atomic E-state index is 0.295. The van der Waals surface area contributed by atoms with Crippen LogP contribution in [0.1, 0.15) is 38.1 Å². The minimum atomic E-state index is -0.400. The number of methoxy groups -OCH3 is 1. The fraction of sp³-hybridized carbons (Fsp3) is 0.450. The molecule has 0 unspecified atom stereocenters. The molecule has 0 spiro atoms. The molecular weight excluding hydrogens is 344 g/mol. The number of hydrogen-bond donors (Lipinski definition) is 1. The molecule has 146 valence electrons. The van der Waals surface area contributed by atoms with Crippen LogP contribution in [0.3, 0.4) is 0 Å². The summed E-state index contributed by atoms with van der Waals surface area (Å²) in [6.45, 7) is 10.3. The van der Waals surface area contributed by atoms with Gasteiger partial charge in [0, 0.05) is 13.1 Å². The molecule has 0 aliphatic rings. The van der Waals surface area contributed by atoms with Crippen molar-refractivity contribution >= 4 is 17.5 Å². The normalized spacial score (nSPS) is 10.9. The number of nitrogens with two attached hydrogens (primary N) is 1. The molecule has 0 fully saturated rings. The van der Waals surface area contributed by atoms with Crippen molar-refractivity contribution in [1.29, 1.82) is 0 Å². The number of aromatic nitrogens is 2. The summed E-state index contributed by atoms with van der Waals surface area (Å²) in [4.78, 5) is 22.2. The van der Waals surface area contributed by atoms with Crippen molar-refractivity contribution in [2.24, 2.45) is 11.8 Å². The predicted octanol–water partition coefficient (Wildman–Crippen LogP) is 3.76. The first kappa shape index (κ1) is 20.5. The molecule has 1 aromatic heterocycles. The van der Waals surface area contributed by atoms with E-state index in [1.807, 2.05) is 0 Å². The Morgan fingerprint density at radius 1 is 1.07 bits per heavy atom. The largest absolute Gasteiger partial charge is 0.465 e. The summed E-state index contributed by atoms with van der Waals surface area (Å²) in [6, 6.07) is 6.60. The standard InChI is InChI=1S/C20H28N4O3/c1-13(2)10-24(11-14(3)4)18-17(21)19(23-12-22-18)27-16-8-6-15(7-9-16)20(25)26-5/h6-9,12-14H,10-11,21H2,1-5H3. The Hall–Kier alpha value is -2.83. The summed E-state index contributed by atoms with van der Waals surface area (Å²) in [5, 5.41) is 0. The van der Waals surface area contributed by atoms with Gasteiger partial charge in [-0.3, -0.25) is 0 Å². The number of carbonyl (C=O) groups is 1. The van der Waals surface area contributed by atoms with Gasteiger partial charge in [-0.15, -0.1) is 0 Å². The number of carbonyl (C=O) groups excluding carboxylic acids is 1. The third-order valence-corrected chi connectivity index (χ3v) is 3.79. The molecule has 7 heteroatoms. The molecule has 0 aliphatic heterocycles. The van der Waals surface area contributed by atoms with Crippen molar-refractivity contribution < 1.29 is 14.3 Å². The molecule has 7 nitrogen and oxygen atoms in total. The molecule has 0 saturated heterocycles. The SMILES string of the molecule is COC(=O)c1ccc(Oc2ncnc(N(CC(C)C)CC(C)C)c2N)cc1. The van der Waals surface area contributed by atoms with Gasteiger partial charge in [-0.05, 0) is 36.1 Å². The molecule has 0 saturated carbocycles. The van der Waals surface area contributed by atoms with E-state index in [2.05, 4.69) is 42.6 Å². The Labute approximate surface area is 160 Å². The summed E-state index contributed by atoms with van der Waals surface area (Å²) in [5.74, 6) is 2.03. The van der Waals surface area contributed by atoms with Crippen LogP contribution in [0.15, 0.2) is 30.6 Å². The third-order valence-electron chi connectivity index (χ3n) is 3.79. The maximum absolute atomic E-state index is 11.5. The summed E-state index contributed by atoms with van der Waals surface area (Å²) < 4.78 is 10.5. The smallest absolute Gasteiger partial charge is 0.337 e. The lowest BCUT2D eigenvalue weighted by molar-refractivity contribution is 0.0600. The Morgan fingerprint density at radius 2 is 1.67 bits per heavy atom. The van der Waals surface area contributed by atoms with Crippen LogP contribution in [0, 0.1) is 11.8 Å². The van der Waals surface area contributed by atoms with Crippen molar-refractivity contribution in [3.63, 3.8) is 0 Å². The number of esters is 1. The van der Waals surface area contributed by atoms with E-state index in [1.165, 1.54) is 13.4 Å². The average Bonchev–Trinajstić information content (AvgIpc) is 2.62. The molecule has 0 atom stereocenters. The highest BCUT2D eigenvalue weighted by Gasteiger charge is 2.18. The van der Waals surface area contributed by atoms with E-state index in [1.54, 1.807) is 24.3 Å². The third kappa shape index (κ3) is 5.57. The van der Waals surface area contributed by atoms with E-state index >= 15 is 0 Å². The Bertz CT molecular complexity index is 750. The second kappa shape index (κ2) is 9.21. The highest BCUT2D eigenvalue weighted by atomic mass is 16.5. The molecule has 0 bridgehead atoms. The lowest BCUT2D eigenvalue weighted by Crippen LogP contribution is -2.32. The van der Waals surface area contributed by atoms with Crippen LogP contribution in [0.5, 0.6) is 11.6 Å². The molecule has 0 aliphatic carbocycles. The summed E-state index contributed by atoms with van der Waals surface area (Å²) in [7, 11) is 1.34. The van der Waals surface area contributed by atoms with Crippen LogP contribution < -0.4 is 15.4 Å². The van der Waals surface area contributed by atoms with Gasteiger partial charge in [-0.25, -0.2) is 9.78 Å². The van der Waals surface area contributed by atoms with Crippen molar-refractivity contribution in [3.8, 4) is 11.6 Å². The molecule has 2 rings (SSSR count). The summed E-state index contributed by atoms with van der Waals surface area (Å²) in [5.41, 5.74) is 7.16. The highest BCUT2D eigenvalue weighted by molar-refractivity contribution is 5.89. The first-order valence-corrected chi connectivity index (χ1v) is 9.03.